The molecule has 4 aliphatic rings. The van der Waals surface area contributed by atoms with Gasteiger partial charge in [-0.3, -0.25) is 19.3 Å². The summed E-state index contributed by atoms with van der Waals surface area (Å²) in [5.74, 6) is -3.06. The van der Waals surface area contributed by atoms with Crippen molar-refractivity contribution < 1.29 is 23.9 Å². The van der Waals surface area contributed by atoms with Crippen molar-refractivity contribution in [1.29, 1.82) is 0 Å². The largest absolute Gasteiger partial charge is 0.465 e. The van der Waals surface area contributed by atoms with Gasteiger partial charge in [-0.05, 0) is 51.8 Å². The number of hydrogen-bond donors (Lipinski definition) is 1. The first kappa shape index (κ1) is 21.5. The molecule has 0 saturated carbocycles. The van der Waals surface area contributed by atoms with Crippen LogP contribution >= 0.6 is 11.3 Å². The second-order valence-corrected chi connectivity index (χ2v) is 10.8. The average Bonchev–Trinajstić information content (AvgIpc) is 3.56. The molecule has 5 heterocycles. The zero-order chi connectivity index (χ0) is 24.1. The minimum atomic E-state index is -1.22. The van der Waals surface area contributed by atoms with E-state index in [-0.39, 0.29) is 23.4 Å². The van der Waals surface area contributed by atoms with Gasteiger partial charge in [0.2, 0.25) is 17.7 Å². The molecule has 34 heavy (non-hydrogen) atoms. The molecule has 8 nitrogen and oxygen atoms in total. The summed E-state index contributed by atoms with van der Waals surface area (Å²) < 4.78 is 4.98. The van der Waals surface area contributed by atoms with Crippen LogP contribution in [0.5, 0.6) is 0 Å². The number of esters is 1. The van der Waals surface area contributed by atoms with Crippen molar-refractivity contribution in [3.05, 3.63) is 45.3 Å². The van der Waals surface area contributed by atoms with Gasteiger partial charge in [-0.1, -0.05) is 17.7 Å². The van der Waals surface area contributed by atoms with Gasteiger partial charge in [0.1, 0.15) is 10.5 Å². The number of anilines is 2. The quantitative estimate of drug-likeness (QED) is 0.526. The topological polar surface area (TPSA) is 96.0 Å². The maximum absolute atomic E-state index is 14.2. The maximum Gasteiger partial charge on any atom is 0.341 e. The number of ether oxygens (including phenoxy) is 1. The Morgan fingerprint density at radius 3 is 2.68 bits per heavy atom. The van der Waals surface area contributed by atoms with Gasteiger partial charge in [-0.2, -0.15) is 0 Å². The highest BCUT2D eigenvalue weighted by atomic mass is 32.1. The van der Waals surface area contributed by atoms with Crippen molar-refractivity contribution in [3.63, 3.8) is 0 Å². The Hall–Kier alpha value is -3.04. The molecule has 2 aromatic rings. The molecule has 1 N–H and O–H groups in total. The molecule has 0 bridgehead atoms. The smallest absolute Gasteiger partial charge is 0.341 e. The fourth-order valence-electron chi connectivity index (χ4n) is 6.63. The normalized spacial score (nSPS) is 29.6. The van der Waals surface area contributed by atoms with E-state index >= 15 is 0 Å². The zero-order valence-electron chi connectivity index (χ0n) is 19.4. The molecule has 3 saturated heterocycles. The van der Waals surface area contributed by atoms with Crippen molar-refractivity contribution in [3.8, 4) is 0 Å². The van der Waals surface area contributed by atoms with Gasteiger partial charge in [-0.25, -0.2) is 9.69 Å². The molecule has 6 rings (SSSR count). The summed E-state index contributed by atoms with van der Waals surface area (Å²) in [6.07, 6.45) is 1.60. The Bertz CT molecular complexity index is 1320. The van der Waals surface area contributed by atoms with Crippen molar-refractivity contribution in [2.24, 2.45) is 11.8 Å². The summed E-state index contributed by atoms with van der Waals surface area (Å²) in [5.41, 5.74) is 2.17. The van der Waals surface area contributed by atoms with E-state index in [0.29, 0.717) is 22.8 Å². The number of imide groups is 1. The molecular weight excluding hydrogens is 454 g/mol. The Kier molecular flexibility index (Phi) is 4.42. The molecular formula is C25H25N3O5S. The number of methoxy groups -OCH3 is 1. The zero-order valence-corrected chi connectivity index (χ0v) is 20.2. The minimum absolute atomic E-state index is 0.201. The van der Waals surface area contributed by atoms with Gasteiger partial charge in [0.05, 0.1) is 24.5 Å². The maximum atomic E-state index is 14.2. The van der Waals surface area contributed by atoms with Crippen LogP contribution in [0.1, 0.15) is 44.8 Å². The lowest BCUT2D eigenvalue weighted by molar-refractivity contribution is -0.135. The summed E-state index contributed by atoms with van der Waals surface area (Å²) in [4.78, 5) is 58.6. The summed E-state index contributed by atoms with van der Waals surface area (Å²) in [5, 5.41) is 3.29. The number of carbonyl (C=O) groups is 4. The van der Waals surface area contributed by atoms with Gasteiger partial charge in [-0.15, -0.1) is 11.3 Å². The number of carbonyl (C=O) groups excluding carboxylic acids is 4. The van der Waals surface area contributed by atoms with Gasteiger partial charge < -0.3 is 10.1 Å². The Balaban J connectivity index is 1.56. The lowest BCUT2D eigenvalue weighted by Crippen LogP contribution is -2.54. The van der Waals surface area contributed by atoms with Crippen molar-refractivity contribution in [2.75, 3.05) is 23.9 Å². The number of nitrogens with zero attached hydrogens (tertiary/aromatic N) is 2. The predicted octanol–water partition coefficient (Wildman–Crippen LogP) is 2.89. The fourth-order valence-corrected chi connectivity index (χ4v) is 7.78. The third-order valence-electron chi connectivity index (χ3n) is 8.11. The number of hydrogen-bond acceptors (Lipinski definition) is 7. The van der Waals surface area contributed by atoms with Crippen LogP contribution in [0, 0.1) is 32.6 Å². The summed E-state index contributed by atoms with van der Waals surface area (Å²) in [7, 11) is 1.29. The number of amides is 3. The highest BCUT2D eigenvalue weighted by Crippen LogP contribution is 2.61. The molecule has 3 fully saturated rings. The summed E-state index contributed by atoms with van der Waals surface area (Å²) in [6.45, 7) is 6.25. The van der Waals surface area contributed by atoms with Crippen LogP contribution in [0.4, 0.5) is 10.7 Å². The Morgan fingerprint density at radius 2 is 1.94 bits per heavy atom. The molecule has 176 valence electrons. The lowest BCUT2D eigenvalue weighted by Gasteiger charge is -2.36. The van der Waals surface area contributed by atoms with E-state index in [0.717, 1.165) is 28.8 Å². The highest BCUT2D eigenvalue weighted by Gasteiger charge is 2.75. The van der Waals surface area contributed by atoms with E-state index in [2.05, 4.69) is 10.2 Å². The molecule has 3 amide bonds. The molecule has 4 atom stereocenters. The van der Waals surface area contributed by atoms with E-state index in [1.54, 1.807) is 6.92 Å². The van der Waals surface area contributed by atoms with Gasteiger partial charge >= 0.3 is 5.97 Å². The number of nitrogens with one attached hydrogen (secondary N) is 1. The first-order valence-corrected chi connectivity index (χ1v) is 12.3. The van der Waals surface area contributed by atoms with Crippen LogP contribution < -0.4 is 10.2 Å². The van der Waals surface area contributed by atoms with E-state index in [1.165, 1.54) is 23.3 Å². The van der Waals surface area contributed by atoms with Crippen LogP contribution in [0.15, 0.2) is 18.2 Å². The van der Waals surface area contributed by atoms with Crippen LogP contribution in [0.3, 0.4) is 0 Å². The first-order chi connectivity index (χ1) is 16.2. The van der Waals surface area contributed by atoms with Crippen LogP contribution in [0.2, 0.25) is 0 Å². The van der Waals surface area contributed by atoms with Crippen LogP contribution in [-0.2, 0) is 24.7 Å². The Morgan fingerprint density at radius 1 is 1.18 bits per heavy atom. The molecule has 0 aliphatic carbocycles. The minimum Gasteiger partial charge on any atom is -0.465 e. The fraction of sp³-hybridized carbons (Fsp3) is 0.440. The van der Waals surface area contributed by atoms with Crippen molar-refractivity contribution >= 4 is 45.7 Å². The SMILES string of the molecule is COC(=O)c1c(N2C(=O)[C@@H]3[C@@H]4CCCN4[C@]4(C(=O)Nc5ccc(C)cc54)[C@H]3C2=O)sc(C)c1C. The van der Waals surface area contributed by atoms with E-state index in [9.17, 15) is 19.2 Å². The number of thiophene rings is 1. The molecule has 4 aliphatic heterocycles. The first-order valence-electron chi connectivity index (χ1n) is 11.5. The molecule has 1 aromatic carbocycles. The summed E-state index contributed by atoms with van der Waals surface area (Å²) in [6, 6.07) is 5.56. The van der Waals surface area contributed by atoms with E-state index in [4.69, 9.17) is 4.74 Å². The third kappa shape index (κ3) is 2.36. The standard InChI is InChI=1S/C25H25N3O5S/c1-11-7-8-15-14(10-11)25(24(32)26-15)19-18(16-6-5-9-27(16)25)20(29)28(21(19)30)22-17(23(31)33-4)12(2)13(3)34-22/h7-8,10,16,18-19H,5-6,9H2,1-4H3,(H,26,32)/t16-,18+,19+,25-/m0/s1. The van der Waals surface area contributed by atoms with Crippen LogP contribution in [-0.4, -0.2) is 48.3 Å². The highest BCUT2D eigenvalue weighted by molar-refractivity contribution is 7.17. The number of fused-ring (bicyclic) bond motifs is 7. The molecule has 0 unspecified atom stereocenters. The summed E-state index contributed by atoms with van der Waals surface area (Å²) >= 11 is 1.24. The Labute approximate surface area is 200 Å². The van der Waals surface area contributed by atoms with Gasteiger partial charge in [0.15, 0.2) is 0 Å². The third-order valence-corrected chi connectivity index (χ3v) is 9.30. The second-order valence-electron chi connectivity index (χ2n) is 9.64. The molecule has 9 heteroatoms. The van der Waals surface area contributed by atoms with Crippen molar-refractivity contribution in [1.82, 2.24) is 4.90 Å². The predicted molar refractivity (Wildman–Crippen MR) is 126 cm³/mol. The lowest BCUT2D eigenvalue weighted by atomic mass is 9.75. The second kappa shape index (κ2) is 6.99. The molecule has 1 spiro atoms. The number of rotatable bonds is 2. The van der Waals surface area contributed by atoms with Gasteiger partial charge in [0.25, 0.3) is 0 Å². The van der Waals surface area contributed by atoms with E-state index in [1.807, 2.05) is 32.0 Å². The number of aryl methyl sites for hydroxylation is 2. The monoisotopic (exact) mass is 479 g/mol. The van der Waals surface area contributed by atoms with Crippen LogP contribution in [0.25, 0.3) is 0 Å². The average molecular weight is 480 g/mol. The van der Waals surface area contributed by atoms with Gasteiger partial charge in [0, 0.05) is 22.2 Å². The van der Waals surface area contributed by atoms with E-state index < -0.39 is 29.3 Å². The molecule has 0 radical (unpaired) electrons. The molecule has 1 aromatic heterocycles. The van der Waals surface area contributed by atoms with Crippen molar-refractivity contribution in [2.45, 2.75) is 45.2 Å². The number of benzene rings is 1.